The summed E-state index contributed by atoms with van der Waals surface area (Å²) in [5.74, 6) is 0.275. The lowest BCUT2D eigenvalue weighted by atomic mass is 10.2. The average Bonchev–Trinajstić information content (AvgIpc) is 3.34. The topological polar surface area (TPSA) is 68.9 Å². The summed E-state index contributed by atoms with van der Waals surface area (Å²) >= 11 is 17.6. The van der Waals surface area contributed by atoms with Gasteiger partial charge in [-0.25, -0.2) is 9.07 Å². The van der Waals surface area contributed by atoms with Gasteiger partial charge in [-0.15, -0.1) is 0 Å². The van der Waals surface area contributed by atoms with Gasteiger partial charge >= 0.3 is 0 Å². The molecular formula is C23H21Cl2FN6OS. The second kappa shape index (κ2) is 10.4. The molecule has 176 valence electrons. The molecule has 0 atom stereocenters. The molecule has 34 heavy (non-hydrogen) atoms. The number of hydrogen-bond acceptors (Lipinski definition) is 4. The molecule has 0 saturated carbocycles. The quantitative estimate of drug-likeness (QED) is 0.291. The van der Waals surface area contributed by atoms with E-state index < -0.39 is 0 Å². The summed E-state index contributed by atoms with van der Waals surface area (Å²) in [6.45, 7) is 4.15. The van der Waals surface area contributed by atoms with Gasteiger partial charge in [0.2, 0.25) is 0 Å². The number of ether oxygens (including phenoxy) is 1. The fourth-order valence-corrected chi connectivity index (χ4v) is 3.96. The zero-order chi connectivity index (χ0) is 24.2. The molecule has 7 nitrogen and oxygen atoms in total. The summed E-state index contributed by atoms with van der Waals surface area (Å²) in [5, 5.41) is 16.3. The number of nitrogens with one attached hydrogen (secondary N) is 2. The van der Waals surface area contributed by atoms with Crippen LogP contribution in [0.2, 0.25) is 10.0 Å². The van der Waals surface area contributed by atoms with Gasteiger partial charge in [-0.3, -0.25) is 4.68 Å². The number of nitrogens with zero attached hydrogens (tertiary/aromatic N) is 4. The van der Waals surface area contributed by atoms with Crippen LogP contribution in [0, 0.1) is 19.7 Å². The minimum absolute atomic E-state index is 0.208. The second-order valence-electron chi connectivity index (χ2n) is 7.48. The van der Waals surface area contributed by atoms with Gasteiger partial charge in [0.15, 0.2) is 11.8 Å². The maximum atomic E-state index is 14.2. The zero-order valence-corrected chi connectivity index (χ0v) is 20.7. The molecule has 2 heterocycles. The van der Waals surface area contributed by atoms with Crippen molar-refractivity contribution in [2.75, 3.05) is 10.6 Å². The largest absolute Gasteiger partial charge is 0.471 e. The van der Waals surface area contributed by atoms with Gasteiger partial charge in [0.05, 0.1) is 41.7 Å². The Balaban J connectivity index is 1.38. The van der Waals surface area contributed by atoms with Crippen LogP contribution < -0.4 is 15.4 Å². The lowest BCUT2D eigenvalue weighted by Gasteiger charge is -2.11. The Morgan fingerprint density at radius 2 is 1.94 bits per heavy atom. The molecule has 0 amide bonds. The molecule has 0 saturated heterocycles. The van der Waals surface area contributed by atoms with E-state index >= 15 is 0 Å². The van der Waals surface area contributed by atoms with E-state index in [0.29, 0.717) is 32.2 Å². The number of rotatable bonds is 7. The van der Waals surface area contributed by atoms with Crippen LogP contribution in [0.15, 0.2) is 54.9 Å². The molecule has 0 radical (unpaired) electrons. The third-order valence-corrected chi connectivity index (χ3v) is 5.83. The van der Waals surface area contributed by atoms with Crippen LogP contribution in [0.25, 0.3) is 0 Å². The van der Waals surface area contributed by atoms with Gasteiger partial charge in [-0.1, -0.05) is 35.3 Å². The van der Waals surface area contributed by atoms with Crippen molar-refractivity contribution < 1.29 is 9.13 Å². The molecule has 0 unspecified atom stereocenters. The molecule has 2 N–H and O–H groups in total. The third-order valence-electron chi connectivity index (χ3n) is 5.04. The van der Waals surface area contributed by atoms with Crippen LogP contribution in [0.3, 0.4) is 0 Å². The molecule has 4 aromatic rings. The fraction of sp³-hybridized carbons (Fsp3) is 0.174. The van der Waals surface area contributed by atoms with Gasteiger partial charge in [0.25, 0.3) is 0 Å². The number of benzene rings is 2. The van der Waals surface area contributed by atoms with Crippen molar-refractivity contribution in [3.63, 3.8) is 0 Å². The average molecular weight is 519 g/mol. The number of halogens is 3. The minimum atomic E-state index is -0.372. The summed E-state index contributed by atoms with van der Waals surface area (Å²) in [6, 6.07) is 11.8. The Morgan fingerprint density at radius 3 is 2.71 bits per heavy atom. The van der Waals surface area contributed by atoms with Crippen LogP contribution in [0.5, 0.6) is 5.75 Å². The van der Waals surface area contributed by atoms with Gasteiger partial charge in [-0.05, 0) is 56.4 Å². The first kappa shape index (κ1) is 24.0. The summed E-state index contributed by atoms with van der Waals surface area (Å²) in [6.07, 6.45) is 3.40. The maximum absolute atomic E-state index is 14.2. The summed E-state index contributed by atoms with van der Waals surface area (Å²) in [5.41, 5.74) is 3.33. The van der Waals surface area contributed by atoms with Crippen LogP contribution in [-0.2, 0) is 13.3 Å². The number of thiocarbonyl (C=S) groups is 1. The van der Waals surface area contributed by atoms with E-state index in [1.807, 2.05) is 26.0 Å². The Hall–Kier alpha value is -3.14. The maximum Gasteiger partial charge on any atom is 0.180 e. The molecular weight excluding hydrogens is 498 g/mol. The molecule has 2 aromatic carbocycles. The molecule has 0 bridgehead atoms. The first-order chi connectivity index (χ1) is 16.3. The predicted octanol–water partition coefficient (Wildman–Crippen LogP) is 6.04. The molecule has 0 fully saturated rings. The molecule has 0 aliphatic heterocycles. The Bertz CT molecular complexity index is 1320. The SMILES string of the molecule is Cc1nn(Cc2c(F)cccc2Cl)c(C)c1NC(=S)Nc1cnn(COc2cccc(Cl)c2)c1. The molecule has 0 aliphatic rings. The highest BCUT2D eigenvalue weighted by Crippen LogP contribution is 2.25. The van der Waals surface area contributed by atoms with Crippen molar-refractivity contribution in [2.24, 2.45) is 0 Å². The number of aryl methyl sites for hydroxylation is 1. The van der Waals surface area contributed by atoms with Crippen molar-refractivity contribution in [3.8, 4) is 5.75 Å². The van der Waals surface area contributed by atoms with E-state index in [2.05, 4.69) is 20.8 Å². The lowest BCUT2D eigenvalue weighted by Crippen LogP contribution is -2.19. The van der Waals surface area contributed by atoms with E-state index in [-0.39, 0.29) is 19.1 Å². The van der Waals surface area contributed by atoms with E-state index in [1.54, 1.807) is 46.0 Å². The summed E-state index contributed by atoms with van der Waals surface area (Å²) in [4.78, 5) is 0. The Labute approximate surface area is 211 Å². The molecule has 11 heteroatoms. The highest BCUT2D eigenvalue weighted by Gasteiger charge is 2.16. The van der Waals surface area contributed by atoms with Crippen LogP contribution >= 0.6 is 35.4 Å². The summed E-state index contributed by atoms with van der Waals surface area (Å²) in [7, 11) is 0. The molecule has 0 aliphatic carbocycles. The molecule has 2 aromatic heterocycles. The second-order valence-corrected chi connectivity index (χ2v) is 8.73. The van der Waals surface area contributed by atoms with E-state index in [0.717, 1.165) is 17.1 Å². The van der Waals surface area contributed by atoms with E-state index in [1.165, 1.54) is 6.07 Å². The fourth-order valence-electron chi connectivity index (χ4n) is 3.34. The summed E-state index contributed by atoms with van der Waals surface area (Å²) < 4.78 is 23.2. The van der Waals surface area contributed by atoms with Gasteiger partial charge in [0, 0.05) is 15.6 Å². The van der Waals surface area contributed by atoms with Crippen molar-refractivity contribution in [2.45, 2.75) is 27.1 Å². The van der Waals surface area contributed by atoms with Crippen molar-refractivity contribution >= 4 is 51.9 Å². The number of anilines is 2. The van der Waals surface area contributed by atoms with Gasteiger partial charge in [0.1, 0.15) is 11.6 Å². The molecule has 0 spiro atoms. The molecule has 4 rings (SSSR count). The monoisotopic (exact) mass is 518 g/mol. The van der Waals surface area contributed by atoms with Gasteiger partial charge in [-0.2, -0.15) is 10.2 Å². The zero-order valence-electron chi connectivity index (χ0n) is 18.3. The van der Waals surface area contributed by atoms with Crippen LogP contribution in [0.1, 0.15) is 17.0 Å². The van der Waals surface area contributed by atoms with Crippen LogP contribution in [0.4, 0.5) is 15.8 Å². The first-order valence-corrected chi connectivity index (χ1v) is 11.4. The van der Waals surface area contributed by atoms with E-state index in [9.17, 15) is 4.39 Å². The standard InChI is InChI=1S/C23H21Cl2FN6OS/c1-14-22(15(2)32(30-14)12-19-20(25)7-4-8-21(19)26)29-23(34)28-17-10-27-31(11-17)13-33-18-6-3-5-16(24)9-18/h3-11H,12-13H2,1-2H3,(H2,28,29,34). The highest BCUT2D eigenvalue weighted by atomic mass is 35.5. The van der Waals surface area contributed by atoms with Crippen molar-refractivity contribution in [1.82, 2.24) is 19.6 Å². The third kappa shape index (κ3) is 5.67. The van der Waals surface area contributed by atoms with Crippen molar-refractivity contribution in [3.05, 3.63) is 87.7 Å². The Morgan fingerprint density at radius 1 is 1.15 bits per heavy atom. The highest BCUT2D eigenvalue weighted by molar-refractivity contribution is 7.80. The minimum Gasteiger partial charge on any atom is -0.471 e. The smallest absolute Gasteiger partial charge is 0.180 e. The number of aromatic nitrogens is 4. The Kier molecular flexibility index (Phi) is 7.35. The normalized spacial score (nSPS) is 10.9. The predicted molar refractivity (Wildman–Crippen MR) is 136 cm³/mol. The first-order valence-electron chi connectivity index (χ1n) is 10.3. The lowest BCUT2D eigenvalue weighted by molar-refractivity contribution is 0.221. The van der Waals surface area contributed by atoms with Crippen LogP contribution in [-0.4, -0.2) is 24.7 Å². The number of hydrogen-bond donors (Lipinski definition) is 2. The van der Waals surface area contributed by atoms with Gasteiger partial charge < -0.3 is 15.4 Å². The van der Waals surface area contributed by atoms with E-state index in [4.69, 9.17) is 40.2 Å². The van der Waals surface area contributed by atoms with Crippen molar-refractivity contribution in [1.29, 1.82) is 0 Å².